The molecule has 0 atom stereocenters. The average molecular weight is 506 g/mol. The predicted molar refractivity (Wildman–Crippen MR) is 147 cm³/mol. The van der Waals surface area contributed by atoms with Crippen molar-refractivity contribution in [3.05, 3.63) is 88.3 Å². The van der Waals surface area contributed by atoms with Gasteiger partial charge in [0.05, 0.1) is 17.2 Å². The first-order valence-corrected chi connectivity index (χ1v) is 12.6. The Bertz CT molecular complexity index is 1240. The van der Waals surface area contributed by atoms with Gasteiger partial charge in [-0.15, -0.1) is 0 Å². The number of ether oxygens (including phenoxy) is 3. The Labute approximate surface area is 215 Å². The van der Waals surface area contributed by atoms with Crippen molar-refractivity contribution in [2.24, 2.45) is 0 Å². The second kappa shape index (κ2) is 11.4. The lowest BCUT2D eigenvalue weighted by atomic mass is 10.1. The number of hydrogen-bond acceptors (Lipinski definition) is 6. The van der Waals surface area contributed by atoms with Crippen molar-refractivity contribution < 1.29 is 19.0 Å². The molecule has 0 N–H and O–H groups in total. The van der Waals surface area contributed by atoms with Crippen molar-refractivity contribution in [3.63, 3.8) is 0 Å². The van der Waals surface area contributed by atoms with Crippen LogP contribution in [0.4, 0.5) is 5.69 Å². The lowest BCUT2D eigenvalue weighted by Gasteiger charge is -2.15. The first-order chi connectivity index (χ1) is 17.0. The van der Waals surface area contributed by atoms with Gasteiger partial charge in [0.25, 0.3) is 5.91 Å². The number of aryl methyl sites for hydroxylation is 2. The molecular formula is C28H27NO4S2. The summed E-state index contributed by atoms with van der Waals surface area (Å²) < 4.78 is 18.2. The highest BCUT2D eigenvalue weighted by Crippen LogP contribution is 2.37. The quantitative estimate of drug-likeness (QED) is 0.186. The summed E-state index contributed by atoms with van der Waals surface area (Å²) in [5.74, 6) is 2.01. The minimum atomic E-state index is -0.131. The Balaban J connectivity index is 1.45. The number of nitrogens with zero attached hydrogens (tertiary/aromatic N) is 1. The minimum absolute atomic E-state index is 0.131. The van der Waals surface area contributed by atoms with E-state index in [0.717, 1.165) is 28.1 Å². The molecule has 35 heavy (non-hydrogen) atoms. The summed E-state index contributed by atoms with van der Waals surface area (Å²) in [5.41, 5.74) is 3.80. The number of carbonyl (C=O) groups excluding carboxylic acids is 1. The van der Waals surface area contributed by atoms with Crippen LogP contribution in [0.25, 0.3) is 6.08 Å². The van der Waals surface area contributed by atoms with E-state index in [2.05, 4.69) is 0 Å². The van der Waals surface area contributed by atoms with E-state index in [-0.39, 0.29) is 5.91 Å². The van der Waals surface area contributed by atoms with E-state index in [4.69, 9.17) is 26.4 Å². The summed E-state index contributed by atoms with van der Waals surface area (Å²) >= 11 is 6.75. The van der Waals surface area contributed by atoms with Gasteiger partial charge in [-0.1, -0.05) is 66.4 Å². The van der Waals surface area contributed by atoms with Crippen molar-refractivity contribution in [1.82, 2.24) is 0 Å². The van der Waals surface area contributed by atoms with E-state index >= 15 is 0 Å². The van der Waals surface area contributed by atoms with E-state index < -0.39 is 0 Å². The maximum Gasteiger partial charge on any atom is 0.270 e. The number of amides is 1. The smallest absolute Gasteiger partial charge is 0.270 e. The molecule has 1 heterocycles. The van der Waals surface area contributed by atoms with Gasteiger partial charge in [0.1, 0.15) is 19.0 Å². The van der Waals surface area contributed by atoms with Gasteiger partial charge < -0.3 is 14.2 Å². The van der Waals surface area contributed by atoms with Crippen molar-refractivity contribution in [2.45, 2.75) is 20.8 Å². The molecule has 1 aliphatic heterocycles. The van der Waals surface area contributed by atoms with E-state index in [0.29, 0.717) is 40.5 Å². The number of para-hydroxylation sites is 2. The molecule has 0 saturated carbocycles. The van der Waals surface area contributed by atoms with Crippen molar-refractivity contribution in [2.75, 3.05) is 24.7 Å². The van der Waals surface area contributed by atoms with Gasteiger partial charge in [0.15, 0.2) is 15.8 Å². The monoisotopic (exact) mass is 505 g/mol. The third-order valence-corrected chi connectivity index (χ3v) is 6.67. The lowest BCUT2D eigenvalue weighted by Crippen LogP contribution is -2.27. The second-order valence-corrected chi connectivity index (χ2v) is 9.59. The van der Waals surface area contributed by atoms with E-state index in [1.807, 2.05) is 93.6 Å². The summed E-state index contributed by atoms with van der Waals surface area (Å²) in [6.07, 6.45) is 1.83. The minimum Gasteiger partial charge on any atom is -0.490 e. The second-order valence-electron chi connectivity index (χ2n) is 7.91. The molecule has 180 valence electrons. The Morgan fingerprint density at radius 1 is 0.886 bits per heavy atom. The van der Waals surface area contributed by atoms with Crippen LogP contribution >= 0.6 is 24.0 Å². The lowest BCUT2D eigenvalue weighted by molar-refractivity contribution is -0.113. The van der Waals surface area contributed by atoms with Crippen LogP contribution < -0.4 is 19.1 Å². The predicted octanol–water partition coefficient (Wildman–Crippen LogP) is 6.57. The molecule has 4 rings (SSSR count). The van der Waals surface area contributed by atoms with Crippen LogP contribution in [0.2, 0.25) is 0 Å². The van der Waals surface area contributed by atoms with Crippen LogP contribution in [0.15, 0.2) is 71.6 Å². The molecule has 3 aromatic rings. The summed E-state index contributed by atoms with van der Waals surface area (Å²) in [5, 5.41) is 0. The molecule has 1 fully saturated rings. The molecule has 7 heteroatoms. The molecule has 5 nitrogen and oxygen atoms in total. The van der Waals surface area contributed by atoms with Gasteiger partial charge in [-0.3, -0.25) is 9.69 Å². The van der Waals surface area contributed by atoms with E-state index in [9.17, 15) is 4.79 Å². The van der Waals surface area contributed by atoms with Crippen LogP contribution in [0.3, 0.4) is 0 Å². The van der Waals surface area contributed by atoms with Gasteiger partial charge >= 0.3 is 0 Å². The van der Waals surface area contributed by atoms with Gasteiger partial charge in [-0.25, -0.2) is 0 Å². The highest BCUT2D eigenvalue weighted by Gasteiger charge is 2.33. The fraction of sp³-hybridized carbons (Fsp3) is 0.214. The van der Waals surface area contributed by atoms with Gasteiger partial charge in [-0.2, -0.15) is 0 Å². The third kappa shape index (κ3) is 5.86. The largest absolute Gasteiger partial charge is 0.490 e. The molecule has 3 aromatic carbocycles. The Morgan fingerprint density at radius 3 is 2.31 bits per heavy atom. The zero-order chi connectivity index (χ0) is 24.8. The number of rotatable bonds is 9. The SMILES string of the molecule is CCOc1cc(C=C2SC(=S)N(c3ccccc3)C2=O)ccc1OCCOc1c(C)cccc1C. The molecule has 0 aromatic heterocycles. The first-order valence-electron chi connectivity index (χ1n) is 11.4. The number of thiocarbonyl (C=S) groups is 1. The van der Waals surface area contributed by atoms with Crippen LogP contribution in [-0.4, -0.2) is 30.0 Å². The summed E-state index contributed by atoms with van der Waals surface area (Å²) in [4.78, 5) is 15.1. The summed E-state index contributed by atoms with van der Waals surface area (Å²) in [7, 11) is 0. The maximum absolute atomic E-state index is 13.0. The normalized spacial score (nSPS) is 14.5. The molecular weight excluding hydrogens is 478 g/mol. The molecule has 0 unspecified atom stereocenters. The van der Waals surface area contributed by atoms with Crippen molar-refractivity contribution >= 4 is 46.0 Å². The molecule has 1 amide bonds. The van der Waals surface area contributed by atoms with Gasteiger partial charge in [0, 0.05) is 0 Å². The number of thioether (sulfide) groups is 1. The van der Waals surface area contributed by atoms with E-state index in [1.165, 1.54) is 11.8 Å². The van der Waals surface area contributed by atoms with Crippen LogP contribution in [0, 0.1) is 13.8 Å². The Hall–Kier alpha value is -3.29. The number of carbonyl (C=O) groups is 1. The van der Waals surface area contributed by atoms with Crippen LogP contribution in [-0.2, 0) is 4.79 Å². The molecule has 0 radical (unpaired) electrons. The molecule has 0 spiro atoms. The third-order valence-electron chi connectivity index (χ3n) is 5.37. The van der Waals surface area contributed by atoms with Crippen molar-refractivity contribution in [3.8, 4) is 17.2 Å². The zero-order valence-corrected chi connectivity index (χ0v) is 21.6. The van der Waals surface area contributed by atoms with Gasteiger partial charge in [0.2, 0.25) is 0 Å². The zero-order valence-electron chi connectivity index (χ0n) is 19.9. The fourth-order valence-corrected chi connectivity index (χ4v) is 5.04. The maximum atomic E-state index is 13.0. The number of benzene rings is 3. The van der Waals surface area contributed by atoms with Crippen molar-refractivity contribution in [1.29, 1.82) is 0 Å². The van der Waals surface area contributed by atoms with Gasteiger partial charge in [-0.05, 0) is 67.8 Å². The summed E-state index contributed by atoms with van der Waals surface area (Å²) in [6, 6.07) is 21.1. The number of anilines is 1. The van der Waals surface area contributed by atoms with Crippen LogP contribution in [0.5, 0.6) is 17.2 Å². The fourth-order valence-electron chi connectivity index (χ4n) is 3.74. The Kier molecular flexibility index (Phi) is 8.10. The number of hydrogen-bond donors (Lipinski definition) is 0. The Morgan fingerprint density at radius 2 is 1.60 bits per heavy atom. The first kappa shape index (κ1) is 24.8. The molecule has 1 saturated heterocycles. The highest BCUT2D eigenvalue weighted by atomic mass is 32.2. The topological polar surface area (TPSA) is 48.0 Å². The van der Waals surface area contributed by atoms with Crippen LogP contribution in [0.1, 0.15) is 23.6 Å². The van der Waals surface area contributed by atoms with E-state index in [1.54, 1.807) is 4.90 Å². The highest BCUT2D eigenvalue weighted by molar-refractivity contribution is 8.27. The molecule has 1 aliphatic rings. The average Bonchev–Trinajstić information content (AvgIpc) is 3.12. The standard InChI is InChI=1S/C28H27NO4S2/c1-4-31-24-17-21(18-25-27(30)29(28(34)35-25)22-11-6-5-7-12-22)13-14-23(24)32-15-16-33-26-19(2)9-8-10-20(26)3/h5-14,17-18H,4,15-16H2,1-3H3. The molecule has 0 aliphatic carbocycles. The summed E-state index contributed by atoms with van der Waals surface area (Å²) in [6.45, 7) is 7.27. The molecule has 0 bridgehead atoms.